The largest absolute Gasteiger partial charge is 0.491 e. The maximum atomic E-state index is 12.9. The molecule has 0 fully saturated rings. The van der Waals surface area contributed by atoms with Crippen LogP contribution in [0.3, 0.4) is 0 Å². The molecule has 4 nitrogen and oxygen atoms in total. The van der Waals surface area contributed by atoms with Gasteiger partial charge in [-0.05, 0) is 24.3 Å². The van der Waals surface area contributed by atoms with Gasteiger partial charge in [-0.2, -0.15) is 0 Å². The summed E-state index contributed by atoms with van der Waals surface area (Å²) in [7, 11) is 0. The molecule has 1 heterocycles. The van der Waals surface area contributed by atoms with Gasteiger partial charge < -0.3 is 15.2 Å². The zero-order valence-corrected chi connectivity index (χ0v) is 10.9. The number of rotatable bonds is 6. The van der Waals surface area contributed by atoms with Gasteiger partial charge in [-0.1, -0.05) is 0 Å². The van der Waals surface area contributed by atoms with Crippen LogP contribution in [0, 0.1) is 17.5 Å². The van der Waals surface area contributed by atoms with Crippen LogP contribution in [0.25, 0.3) is 0 Å². The van der Waals surface area contributed by atoms with E-state index in [0.717, 1.165) is 18.3 Å². The van der Waals surface area contributed by atoms with E-state index in [1.165, 1.54) is 18.2 Å². The fourth-order valence-corrected chi connectivity index (χ4v) is 1.52. The Kier molecular flexibility index (Phi) is 4.99. The highest BCUT2D eigenvalue weighted by atomic mass is 19.2. The first-order chi connectivity index (χ1) is 10.0. The second-order valence-corrected chi connectivity index (χ2v) is 4.28. The number of ether oxygens (including phenoxy) is 1. The van der Waals surface area contributed by atoms with Crippen molar-refractivity contribution in [3.63, 3.8) is 0 Å². The van der Waals surface area contributed by atoms with E-state index in [1.54, 1.807) is 0 Å². The Bertz CT molecular complexity index is 593. The molecular formula is C14H13F3N2O2. The van der Waals surface area contributed by atoms with Crippen molar-refractivity contribution in [1.82, 2.24) is 4.98 Å². The number of halogens is 3. The highest BCUT2D eigenvalue weighted by molar-refractivity contribution is 5.33. The molecule has 1 aromatic carbocycles. The average Bonchev–Trinajstić information content (AvgIpc) is 2.48. The third kappa shape index (κ3) is 4.64. The normalized spacial score (nSPS) is 12.0. The number of nitrogens with zero attached hydrogens (tertiary/aromatic N) is 1. The minimum absolute atomic E-state index is 0.112. The van der Waals surface area contributed by atoms with Crippen molar-refractivity contribution < 1.29 is 23.0 Å². The second kappa shape index (κ2) is 6.94. The van der Waals surface area contributed by atoms with Crippen molar-refractivity contribution >= 4 is 5.82 Å². The summed E-state index contributed by atoms with van der Waals surface area (Å²) in [6.45, 7) is 0.00156. The molecule has 0 aliphatic heterocycles. The van der Waals surface area contributed by atoms with Gasteiger partial charge in [0.1, 0.15) is 30.1 Å². The molecule has 0 bridgehead atoms. The van der Waals surface area contributed by atoms with Crippen LogP contribution in [0.2, 0.25) is 0 Å². The third-order valence-electron chi connectivity index (χ3n) is 2.58. The van der Waals surface area contributed by atoms with Crippen molar-refractivity contribution in [2.75, 3.05) is 18.5 Å². The van der Waals surface area contributed by atoms with Crippen molar-refractivity contribution in [2.45, 2.75) is 6.10 Å². The lowest BCUT2D eigenvalue weighted by atomic mass is 10.3. The van der Waals surface area contributed by atoms with Crippen LogP contribution < -0.4 is 10.1 Å². The molecule has 2 aromatic rings. The highest BCUT2D eigenvalue weighted by Gasteiger charge is 2.08. The molecule has 0 spiro atoms. The van der Waals surface area contributed by atoms with Gasteiger partial charge in [0.15, 0.2) is 11.6 Å². The molecule has 1 aromatic heterocycles. The predicted molar refractivity (Wildman–Crippen MR) is 70.5 cm³/mol. The van der Waals surface area contributed by atoms with E-state index in [0.29, 0.717) is 5.82 Å². The molecule has 0 saturated carbocycles. The quantitative estimate of drug-likeness (QED) is 0.859. The van der Waals surface area contributed by atoms with E-state index < -0.39 is 23.6 Å². The number of hydrogen-bond donors (Lipinski definition) is 2. The van der Waals surface area contributed by atoms with Crippen LogP contribution in [0.1, 0.15) is 0 Å². The summed E-state index contributed by atoms with van der Waals surface area (Å²) >= 11 is 0. The zero-order chi connectivity index (χ0) is 15.2. The Hall–Kier alpha value is -2.28. The molecule has 0 unspecified atom stereocenters. The van der Waals surface area contributed by atoms with Crippen LogP contribution in [0.4, 0.5) is 19.0 Å². The number of nitrogens with one attached hydrogen (secondary N) is 1. The van der Waals surface area contributed by atoms with E-state index in [9.17, 15) is 18.3 Å². The SMILES string of the molecule is O[C@@H](CNc1ccc(F)cn1)COc1ccc(F)c(F)c1. The standard InChI is InChI=1S/C14H13F3N2O2/c15-9-1-4-14(18-6-9)19-7-10(20)8-21-11-2-3-12(16)13(17)5-11/h1-6,10,20H,7-8H2,(H,18,19)/t10-/m0/s1. The van der Waals surface area contributed by atoms with Gasteiger partial charge in [-0.15, -0.1) is 0 Å². The van der Waals surface area contributed by atoms with Crippen LogP contribution >= 0.6 is 0 Å². The summed E-state index contributed by atoms with van der Waals surface area (Å²) < 4.78 is 43.4. The summed E-state index contributed by atoms with van der Waals surface area (Å²) in [5, 5.41) is 12.5. The minimum atomic E-state index is -1.02. The molecule has 0 aliphatic carbocycles. The van der Waals surface area contributed by atoms with Gasteiger partial charge >= 0.3 is 0 Å². The van der Waals surface area contributed by atoms with Gasteiger partial charge in [0, 0.05) is 12.6 Å². The lowest BCUT2D eigenvalue weighted by molar-refractivity contribution is 0.117. The Morgan fingerprint density at radius 1 is 1.14 bits per heavy atom. The smallest absolute Gasteiger partial charge is 0.162 e. The Labute approximate surface area is 119 Å². The van der Waals surface area contributed by atoms with Crippen molar-refractivity contribution in [2.24, 2.45) is 0 Å². The second-order valence-electron chi connectivity index (χ2n) is 4.28. The minimum Gasteiger partial charge on any atom is -0.491 e. The number of hydrogen-bond acceptors (Lipinski definition) is 4. The van der Waals surface area contributed by atoms with Gasteiger partial charge in [0.2, 0.25) is 0 Å². The molecule has 2 rings (SSSR count). The Morgan fingerprint density at radius 2 is 1.95 bits per heavy atom. The lowest BCUT2D eigenvalue weighted by Gasteiger charge is -2.13. The molecule has 112 valence electrons. The average molecular weight is 298 g/mol. The van der Waals surface area contributed by atoms with Gasteiger partial charge in [-0.3, -0.25) is 0 Å². The molecular weight excluding hydrogens is 285 g/mol. The highest BCUT2D eigenvalue weighted by Crippen LogP contribution is 2.15. The lowest BCUT2D eigenvalue weighted by Crippen LogP contribution is -2.26. The van der Waals surface area contributed by atoms with Crippen LogP contribution in [0.15, 0.2) is 36.5 Å². The number of aliphatic hydroxyl groups excluding tert-OH is 1. The number of benzene rings is 1. The van der Waals surface area contributed by atoms with Gasteiger partial charge in [-0.25, -0.2) is 18.2 Å². The first-order valence-electron chi connectivity index (χ1n) is 6.16. The van der Waals surface area contributed by atoms with Crippen LogP contribution in [-0.4, -0.2) is 29.3 Å². The monoisotopic (exact) mass is 298 g/mol. The van der Waals surface area contributed by atoms with Crippen LogP contribution in [0.5, 0.6) is 5.75 Å². The topological polar surface area (TPSA) is 54.4 Å². The van der Waals surface area contributed by atoms with Gasteiger partial charge in [0.25, 0.3) is 0 Å². The fraction of sp³-hybridized carbons (Fsp3) is 0.214. The van der Waals surface area contributed by atoms with E-state index in [-0.39, 0.29) is 18.9 Å². The number of pyridine rings is 1. The first-order valence-corrected chi connectivity index (χ1v) is 6.16. The van der Waals surface area contributed by atoms with E-state index in [2.05, 4.69) is 10.3 Å². The number of aliphatic hydroxyl groups is 1. The van der Waals surface area contributed by atoms with E-state index >= 15 is 0 Å². The molecule has 7 heteroatoms. The summed E-state index contributed by atoms with van der Waals surface area (Å²) in [5.74, 6) is -1.92. The molecule has 0 amide bonds. The molecule has 0 radical (unpaired) electrons. The van der Waals surface area contributed by atoms with Crippen molar-refractivity contribution in [3.05, 3.63) is 54.0 Å². The maximum absolute atomic E-state index is 12.9. The summed E-state index contributed by atoms with van der Waals surface area (Å²) in [6.07, 6.45) is 0.150. The van der Waals surface area contributed by atoms with Crippen molar-refractivity contribution in [3.8, 4) is 5.75 Å². The molecule has 0 saturated heterocycles. The number of anilines is 1. The van der Waals surface area contributed by atoms with Crippen molar-refractivity contribution in [1.29, 1.82) is 0 Å². The first kappa shape index (κ1) is 15.1. The van der Waals surface area contributed by atoms with Crippen LogP contribution in [-0.2, 0) is 0 Å². The maximum Gasteiger partial charge on any atom is 0.162 e. The van der Waals surface area contributed by atoms with E-state index in [1.807, 2.05) is 0 Å². The summed E-state index contributed by atoms with van der Waals surface area (Å²) in [4.78, 5) is 3.76. The Morgan fingerprint density at radius 3 is 2.62 bits per heavy atom. The molecule has 1 atom stereocenters. The van der Waals surface area contributed by atoms with Gasteiger partial charge in [0.05, 0.1) is 6.20 Å². The fourth-order valence-electron chi connectivity index (χ4n) is 1.52. The molecule has 2 N–H and O–H groups in total. The Balaban J connectivity index is 1.77. The predicted octanol–water partition coefficient (Wildman–Crippen LogP) is 2.35. The molecule has 21 heavy (non-hydrogen) atoms. The summed E-state index contributed by atoms with van der Waals surface area (Å²) in [5.41, 5.74) is 0. The third-order valence-corrected chi connectivity index (χ3v) is 2.58. The summed E-state index contributed by atoms with van der Waals surface area (Å²) in [6, 6.07) is 5.77. The molecule has 0 aliphatic rings. The zero-order valence-electron chi connectivity index (χ0n) is 10.9. The number of aromatic nitrogens is 1. The van der Waals surface area contributed by atoms with E-state index in [4.69, 9.17) is 4.74 Å².